The van der Waals surface area contributed by atoms with Crippen molar-refractivity contribution in [3.05, 3.63) is 29.8 Å². The number of nitrogens with zero attached hydrogens (tertiary/aromatic N) is 1. The normalized spacial score (nSPS) is 22.0. The van der Waals surface area contributed by atoms with Crippen LogP contribution >= 0.6 is 0 Å². The summed E-state index contributed by atoms with van der Waals surface area (Å²) in [7, 11) is 0. The fourth-order valence-corrected chi connectivity index (χ4v) is 3.97. The van der Waals surface area contributed by atoms with Crippen LogP contribution in [0.2, 0.25) is 0 Å². The van der Waals surface area contributed by atoms with Gasteiger partial charge >= 0.3 is 0 Å². The minimum atomic E-state index is -0.217. The third-order valence-electron chi connectivity index (χ3n) is 5.45. The molecule has 0 radical (unpaired) electrons. The number of amides is 2. The van der Waals surface area contributed by atoms with Crippen LogP contribution in [0.4, 0.5) is 5.69 Å². The lowest BCUT2D eigenvalue weighted by molar-refractivity contribution is -0.126. The van der Waals surface area contributed by atoms with Gasteiger partial charge in [-0.15, -0.1) is 0 Å². The molecule has 0 aromatic heterocycles. The van der Waals surface area contributed by atoms with Crippen LogP contribution in [0.15, 0.2) is 24.3 Å². The number of carbonyl (C=O) groups is 2. The highest BCUT2D eigenvalue weighted by Gasteiger charge is 2.35. The number of aryl methyl sites for hydroxylation is 1. The third kappa shape index (κ3) is 3.80. The molecule has 24 heavy (non-hydrogen) atoms. The van der Waals surface area contributed by atoms with E-state index < -0.39 is 0 Å². The van der Waals surface area contributed by atoms with E-state index in [1.54, 1.807) is 4.90 Å². The maximum Gasteiger partial charge on any atom is 0.227 e. The lowest BCUT2D eigenvalue weighted by atomic mass is 9.89. The first-order valence-corrected chi connectivity index (χ1v) is 9.35. The van der Waals surface area contributed by atoms with E-state index >= 15 is 0 Å². The first-order valence-electron chi connectivity index (χ1n) is 9.35. The molecule has 0 bridgehead atoms. The van der Waals surface area contributed by atoms with Crippen LogP contribution < -0.4 is 10.2 Å². The zero-order valence-electron chi connectivity index (χ0n) is 14.6. The Morgan fingerprint density at radius 3 is 2.71 bits per heavy atom. The van der Waals surface area contributed by atoms with E-state index in [-0.39, 0.29) is 17.7 Å². The fourth-order valence-electron chi connectivity index (χ4n) is 3.97. The smallest absolute Gasteiger partial charge is 0.227 e. The molecule has 4 heteroatoms. The SMILES string of the molecule is CCc1ccccc1N1CC(C(=O)NCC2CCCCC2)CC1=O. The Morgan fingerprint density at radius 2 is 1.96 bits per heavy atom. The summed E-state index contributed by atoms with van der Waals surface area (Å²) in [6.45, 7) is 3.37. The molecule has 1 N–H and O–H groups in total. The van der Waals surface area contributed by atoms with Crippen LogP contribution in [0.5, 0.6) is 0 Å². The van der Waals surface area contributed by atoms with E-state index in [1.165, 1.54) is 32.1 Å². The second-order valence-corrected chi connectivity index (χ2v) is 7.14. The highest BCUT2D eigenvalue weighted by molar-refractivity contribution is 6.00. The van der Waals surface area contributed by atoms with E-state index in [0.29, 0.717) is 18.9 Å². The molecule has 1 aromatic carbocycles. The highest BCUT2D eigenvalue weighted by atomic mass is 16.2. The van der Waals surface area contributed by atoms with Gasteiger partial charge in [0.2, 0.25) is 11.8 Å². The van der Waals surface area contributed by atoms with Crippen molar-refractivity contribution in [3.63, 3.8) is 0 Å². The molecule has 4 nitrogen and oxygen atoms in total. The van der Waals surface area contributed by atoms with Crippen LogP contribution in [-0.4, -0.2) is 24.9 Å². The van der Waals surface area contributed by atoms with Gasteiger partial charge in [-0.3, -0.25) is 9.59 Å². The molecule has 130 valence electrons. The Hall–Kier alpha value is -1.84. The molecule has 1 aliphatic heterocycles. The number of para-hydroxylation sites is 1. The first kappa shape index (κ1) is 17.0. The van der Waals surface area contributed by atoms with Crippen molar-refractivity contribution in [1.82, 2.24) is 5.32 Å². The molecular formula is C20H28N2O2. The van der Waals surface area contributed by atoms with Gasteiger partial charge in [0.05, 0.1) is 5.92 Å². The van der Waals surface area contributed by atoms with Gasteiger partial charge in [-0.05, 0) is 36.8 Å². The van der Waals surface area contributed by atoms with E-state index in [9.17, 15) is 9.59 Å². The summed E-state index contributed by atoms with van der Waals surface area (Å²) in [4.78, 5) is 26.7. The van der Waals surface area contributed by atoms with Crippen molar-refractivity contribution < 1.29 is 9.59 Å². The van der Waals surface area contributed by atoms with Gasteiger partial charge in [0.1, 0.15) is 0 Å². The van der Waals surface area contributed by atoms with Gasteiger partial charge < -0.3 is 10.2 Å². The lowest BCUT2D eigenvalue weighted by Gasteiger charge is -2.23. The molecule has 1 aliphatic carbocycles. The van der Waals surface area contributed by atoms with E-state index in [2.05, 4.69) is 18.3 Å². The maximum absolute atomic E-state index is 12.5. The second-order valence-electron chi connectivity index (χ2n) is 7.14. The van der Waals surface area contributed by atoms with Gasteiger partial charge in [0, 0.05) is 25.2 Å². The molecule has 1 atom stereocenters. The maximum atomic E-state index is 12.5. The van der Waals surface area contributed by atoms with Gasteiger partial charge in [0.15, 0.2) is 0 Å². The fraction of sp³-hybridized carbons (Fsp3) is 0.600. The van der Waals surface area contributed by atoms with Crippen molar-refractivity contribution >= 4 is 17.5 Å². The van der Waals surface area contributed by atoms with Gasteiger partial charge in [-0.2, -0.15) is 0 Å². The predicted octanol–water partition coefficient (Wildman–Crippen LogP) is 3.30. The zero-order valence-corrected chi connectivity index (χ0v) is 14.6. The van der Waals surface area contributed by atoms with E-state index in [1.807, 2.05) is 18.2 Å². The summed E-state index contributed by atoms with van der Waals surface area (Å²) in [5, 5.41) is 3.10. The number of anilines is 1. The molecule has 1 unspecified atom stereocenters. The van der Waals surface area contributed by atoms with Crippen molar-refractivity contribution in [3.8, 4) is 0 Å². The minimum absolute atomic E-state index is 0.0467. The Labute approximate surface area is 144 Å². The van der Waals surface area contributed by atoms with Crippen LogP contribution in [-0.2, 0) is 16.0 Å². The molecule has 3 rings (SSSR count). The second kappa shape index (κ2) is 7.82. The molecule has 1 heterocycles. The largest absolute Gasteiger partial charge is 0.356 e. The number of benzene rings is 1. The van der Waals surface area contributed by atoms with Gasteiger partial charge in [0.25, 0.3) is 0 Å². The standard InChI is InChI=1S/C20H28N2O2/c1-2-16-10-6-7-11-18(16)22-14-17(12-19(22)23)20(24)21-13-15-8-4-3-5-9-15/h6-7,10-11,15,17H,2-5,8-9,12-14H2,1H3,(H,21,24). The van der Waals surface area contributed by atoms with Crippen molar-refractivity contribution in [2.75, 3.05) is 18.0 Å². The molecule has 1 saturated heterocycles. The van der Waals surface area contributed by atoms with Crippen LogP contribution in [0.3, 0.4) is 0 Å². The summed E-state index contributed by atoms with van der Waals surface area (Å²) in [6.07, 6.45) is 7.55. The number of hydrogen-bond donors (Lipinski definition) is 1. The topological polar surface area (TPSA) is 49.4 Å². The molecule has 1 aromatic rings. The number of hydrogen-bond acceptors (Lipinski definition) is 2. The molecular weight excluding hydrogens is 300 g/mol. The molecule has 2 fully saturated rings. The minimum Gasteiger partial charge on any atom is -0.356 e. The van der Waals surface area contributed by atoms with Gasteiger partial charge in [-0.1, -0.05) is 44.4 Å². The van der Waals surface area contributed by atoms with Crippen LogP contribution in [0, 0.1) is 11.8 Å². The monoisotopic (exact) mass is 328 g/mol. The Bertz CT molecular complexity index is 593. The first-order chi connectivity index (χ1) is 11.7. The Balaban J connectivity index is 1.58. The third-order valence-corrected chi connectivity index (χ3v) is 5.45. The molecule has 2 aliphatic rings. The summed E-state index contributed by atoms with van der Waals surface area (Å²) in [6, 6.07) is 7.99. The summed E-state index contributed by atoms with van der Waals surface area (Å²) in [5.74, 6) is 0.516. The molecule has 2 amide bonds. The Morgan fingerprint density at radius 1 is 1.21 bits per heavy atom. The van der Waals surface area contributed by atoms with E-state index in [4.69, 9.17) is 0 Å². The summed E-state index contributed by atoms with van der Waals surface area (Å²) < 4.78 is 0. The number of rotatable bonds is 5. The number of nitrogens with one attached hydrogen (secondary N) is 1. The van der Waals surface area contributed by atoms with Crippen molar-refractivity contribution in [2.45, 2.75) is 51.9 Å². The average molecular weight is 328 g/mol. The lowest BCUT2D eigenvalue weighted by Crippen LogP contribution is -2.36. The van der Waals surface area contributed by atoms with Crippen LogP contribution in [0.25, 0.3) is 0 Å². The molecule has 0 spiro atoms. The van der Waals surface area contributed by atoms with Crippen molar-refractivity contribution in [1.29, 1.82) is 0 Å². The van der Waals surface area contributed by atoms with Crippen LogP contribution in [0.1, 0.15) is 51.0 Å². The Kier molecular flexibility index (Phi) is 5.54. The predicted molar refractivity (Wildman–Crippen MR) is 95.9 cm³/mol. The highest BCUT2D eigenvalue weighted by Crippen LogP contribution is 2.29. The summed E-state index contributed by atoms with van der Waals surface area (Å²) >= 11 is 0. The quantitative estimate of drug-likeness (QED) is 0.901. The summed E-state index contributed by atoms with van der Waals surface area (Å²) in [5.41, 5.74) is 2.13. The number of carbonyl (C=O) groups excluding carboxylic acids is 2. The van der Waals surface area contributed by atoms with Gasteiger partial charge in [-0.25, -0.2) is 0 Å². The van der Waals surface area contributed by atoms with Crippen molar-refractivity contribution in [2.24, 2.45) is 11.8 Å². The zero-order chi connectivity index (χ0) is 16.9. The van der Waals surface area contributed by atoms with E-state index in [0.717, 1.165) is 24.2 Å². The average Bonchev–Trinajstić information content (AvgIpc) is 3.02. The molecule has 1 saturated carbocycles.